The fraction of sp³-hybridized carbons (Fsp3) is 0.391. The molecule has 4 rings (SSSR count). The molecule has 3 heterocycles. The lowest BCUT2D eigenvalue weighted by atomic mass is 10.1. The van der Waals surface area contributed by atoms with Crippen LogP contribution < -0.4 is 9.64 Å². The first-order valence-corrected chi connectivity index (χ1v) is 10.8. The van der Waals surface area contributed by atoms with Crippen LogP contribution in [0.5, 0.6) is 5.75 Å². The number of benzene rings is 1. The van der Waals surface area contributed by atoms with Crippen LogP contribution in [0, 0.1) is 0 Å². The minimum atomic E-state index is 0.0546. The van der Waals surface area contributed by atoms with Crippen molar-refractivity contribution in [1.82, 2.24) is 24.4 Å². The Labute approximate surface area is 182 Å². The van der Waals surface area contributed by atoms with Crippen LogP contribution in [0.3, 0.4) is 0 Å². The third-order valence-corrected chi connectivity index (χ3v) is 5.42. The number of hydrogen-bond donors (Lipinski definition) is 0. The molecule has 0 atom stereocenters. The van der Waals surface area contributed by atoms with E-state index in [0.717, 1.165) is 36.9 Å². The van der Waals surface area contributed by atoms with Gasteiger partial charge in [-0.1, -0.05) is 19.8 Å². The molecule has 1 aliphatic heterocycles. The Morgan fingerprint density at radius 3 is 2.52 bits per heavy atom. The van der Waals surface area contributed by atoms with Gasteiger partial charge in [-0.05, 0) is 30.7 Å². The van der Waals surface area contributed by atoms with Gasteiger partial charge in [0.2, 0.25) is 0 Å². The number of unbranched alkanes of at least 4 members (excludes halogenated alkanes) is 2. The number of carbonyl (C=O) groups excluding carboxylic acids is 1. The van der Waals surface area contributed by atoms with E-state index in [9.17, 15) is 4.79 Å². The Bertz CT molecular complexity index is 966. The molecule has 0 saturated carbocycles. The van der Waals surface area contributed by atoms with Gasteiger partial charge < -0.3 is 14.5 Å². The summed E-state index contributed by atoms with van der Waals surface area (Å²) in [6.45, 7) is 5.65. The standard InChI is InChI=1S/C23H28N6O2/c1-2-3-4-15-31-20-7-5-19(6-8-20)23(30)28-13-11-27(12-14-28)21-16-22(26-17-25-21)29-10-9-24-18-29/h5-10,16-18H,2-4,11-15H2,1H3. The molecule has 1 aliphatic rings. The largest absolute Gasteiger partial charge is 0.494 e. The van der Waals surface area contributed by atoms with Crippen molar-refractivity contribution in [3.63, 3.8) is 0 Å². The zero-order valence-corrected chi connectivity index (χ0v) is 17.9. The summed E-state index contributed by atoms with van der Waals surface area (Å²) in [5, 5.41) is 0. The number of anilines is 1. The molecular formula is C23H28N6O2. The van der Waals surface area contributed by atoms with Crippen molar-refractivity contribution >= 4 is 11.7 Å². The van der Waals surface area contributed by atoms with Crippen molar-refractivity contribution in [2.75, 3.05) is 37.7 Å². The number of amides is 1. The molecule has 0 unspecified atom stereocenters. The van der Waals surface area contributed by atoms with Gasteiger partial charge in [0.25, 0.3) is 5.91 Å². The van der Waals surface area contributed by atoms with Gasteiger partial charge in [0, 0.05) is 50.2 Å². The van der Waals surface area contributed by atoms with Crippen LogP contribution >= 0.6 is 0 Å². The topological polar surface area (TPSA) is 76.4 Å². The van der Waals surface area contributed by atoms with Crippen LogP contribution in [0.4, 0.5) is 5.82 Å². The SMILES string of the molecule is CCCCCOc1ccc(C(=O)N2CCN(c3cc(-n4ccnc4)ncn3)CC2)cc1. The summed E-state index contributed by atoms with van der Waals surface area (Å²) >= 11 is 0. The van der Waals surface area contributed by atoms with Crippen molar-refractivity contribution in [2.24, 2.45) is 0 Å². The molecule has 0 spiro atoms. The lowest BCUT2D eigenvalue weighted by Crippen LogP contribution is -2.49. The highest BCUT2D eigenvalue weighted by Crippen LogP contribution is 2.18. The lowest BCUT2D eigenvalue weighted by Gasteiger charge is -2.35. The van der Waals surface area contributed by atoms with E-state index in [4.69, 9.17) is 4.74 Å². The zero-order chi connectivity index (χ0) is 21.5. The monoisotopic (exact) mass is 420 g/mol. The van der Waals surface area contributed by atoms with E-state index in [-0.39, 0.29) is 5.91 Å². The van der Waals surface area contributed by atoms with Crippen molar-refractivity contribution < 1.29 is 9.53 Å². The van der Waals surface area contributed by atoms with Crippen molar-refractivity contribution in [2.45, 2.75) is 26.2 Å². The van der Waals surface area contributed by atoms with E-state index in [1.54, 1.807) is 18.9 Å². The summed E-state index contributed by atoms with van der Waals surface area (Å²) in [4.78, 5) is 29.7. The first-order valence-electron chi connectivity index (χ1n) is 10.8. The quantitative estimate of drug-likeness (QED) is 0.521. The van der Waals surface area contributed by atoms with E-state index in [1.165, 1.54) is 12.8 Å². The van der Waals surface area contributed by atoms with Gasteiger partial charge in [-0.2, -0.15) is 0 Å². The second-order valence-electron chi connectivity index (χ2n) is 7.56. The third kappa shape index (κ3) is 5.20. The van der Waals surface area contributed by atoms with Crippen LogP contribution in [0.15, 0.2) is 55.4 Å². The minimum absolute atomic E-state index is 0.0546. The van der Waals surface area contributed by atoms with Crippen molar-refractivity contribution in [1.29, 1.82) is 0 Å². The first-order chi connectivity index (χ1) is 15.2. The van der Waals surface area contributed by atoms with E-state index < -0.39 is 0 Å². The molecule has 162 valence electrons. The van der Waals surface area contributed by atoms with Gasteiger partial charge in [-0.25, -0.2) is 15.0 Å². The Morgan fingerprint density at radius 2 is 1.81 bits per heavy atom. The van der Waals surface area contributed by atoms with Crippen LogP contribution in [-0.4, -0.2) is 63.1 Å². The molecule has 0 radical (unpaired) electrons. The number of ether oxygens (including phenoxy) is 1. The Balaban J connectivity index is 1.31. The highest BCUT2D eigenvalue weighted by molar-refractivity contribution is 5.94. The Hall–Kier alpha value is -3.42. The number of imidazole rings is 1. The summed E-state index contributed by atoms with van der Waals surface area (Å²) in [6.07, 6.45) is 10.2. The van der Waals surface area contributed by atoms with Gasteiger partial charge in [0.15, 0.2) is 0 Å². The minimum Gasteiger partial charge on any atom is -0.494 e. The molecule has 1 aromatic carbocycles. The maximum absolute atomic E-state index is 12.9. The van der Waals surface area contributed by atoms with Crippen LogP contribution in [0.2, 0.25) is 0 Å². The second kappa shape index (κ2) is 10.1. The fourth-order valence-electron chi connectivity index (χ4n) is 3.60. The molecule has 3 aromatic rings. The smallest absolute Gasteiger partial charge is 0.253 e. The highest BCUT2D eigenvalue weighted by Gasteiger charge is 2.23. The molecule has 1 fully saturated rings. The second-order valence-corrected chi connectivity index (χ2v) is 7.56. The maximum atomic E-state index is 12.9. The number of nitrogens with zero attached hydrogens (tertiary/aromatic N) is 6. The Morgan fingerprint density at radius 1 is 1.03 bits per heavy atom. The van der Waals surface area contributed by atoms with Gasteiger partial charge in [0.05, 0.1) is 6.61 Å². The number of hydrogen-bond acceptors (Lipinski definition) is 6. The molecule has 0 N–H and O–H groups in total. The molecular weight excluding hydrogens is 392 g/mol. The van der Waals surface area contributed by atoms with Gasteiger partial charge >= 0.3 is 0 Å². The van der Waals surface area contributed by atoms with Gasteiger partial charge in [-0.15, -0.1) is 0 Å². The average molecular weight is 421 g/mol. The van der Waals surface area contributed by atoms with E-state index in [2.05, 4.69) is 26.8 Å². The van der Waals surface area contributed by atoms with Crippen LogP contribution in [-0.2, 0) is 0 Å². The summed E-state index contributed by atoms with van der Waals surface area (Å²) in [6, 6.07) is 9.41. The maximum Gasteiger partial charge on any atom is 0.253 e. The molecule has 1 saturated heterocycles. The lowest BCUT2D eigenvalue weighted by molar-refractivity contribution is 0.0746. The molecule has 8 heteroatoms. The fourth-order valence-corrected chi connectivity index (χ4v) is 3.60. The molecule has 0 aliphatic carbocycles. The third-order valence-electron chi connectivity index (χ3n) is 5.42. The molecule has 31 heavy (non-hydrogen) atoms. The van der Waals surface area contributed by atoms with Crippen molar-refractivity contribution in [3.05, 3.63) is 60.9 Å². The van der Waals surface area contributed by atoms with E-state index >= 15 is 0 Å². The predicted octanol–water partition coefficient (Wildman–Crippen LogP) is 3.19. The predicted molar refractivity (Wildman–Crippen MR) is 119 cm³/mol. The molecule has 8 nitrogen and oxygen atoms in total. The highest BCUT2D eigenvalue weighted by atomic mass is 16.5. The summed E-state index contributed by atoms with van der Waals surface area (Å²) in [7, 11) is 0. The number of aromatic nitrogens is 4. The molecule has 1 amide bonds. The number of rotatable bonds is 8. The van der Waals surface area contributed by atoms with Crippen LogP contribution in [0.25, 0.3) is 5.82 Å². The van der Waals surface area contributed by atoms with Gasteiger partial charge in [-0.3, -0.25) is 9.36 Å². The molecule has 2 aromatic heterocycles. The summed E-state index contributed by atoms with van der Waals surface area (Å²) < 4.78 is 7.59. The first kappa shape index (κ1) is 20.8. The van der Waals surface area contributed by atoms with Crippen LogP contribution in [0.1, 0.15) is 36.5 Å². The number of piperazine rings is 1. The molecule has 0 bridgehead atoms. The summed E-state index contributed by atoms with van der Waals surface area (Å²) in [5.41, 5.74) is 0.693. The van der Waals surface area contributed by atoms with Gasteiger partial charge in [0.1, 0.15) is 30.0 Å². The summed E-state index contributed by atoms with van der Waals surface area (Å²) in [5.74, 6) is 2.50. The number of carbonyl (C=O) groups is 1. The van der Waals surface area contributed by atoms with E-state index in [0.29, 0.717) is 25.3 Å². The van der Waals surface area contributed by atoms with Crippen molar-refractivity contribution in [3.8, 4) is 11.6 Å². The Kier molecular flexibility index (Phi) is 6.76. The normalized spacial score (nSPS) is 14.0. The van der Waals surface area contributed by atoms with E-state index in [1.807, 2.05) is 46.0 Å². The zero-order valence-electron chi connectivity index (χ0n) is 17.9. The average Bonchev–Trinajstić information content (AvgIpc) is 3.37.